The van der Waals surface area contributed by atoms with Crippen LogP contribution in [0.4, 0.5) is 5.69 Å². The lowest BCUT2D eigenvalue weighted by atomic mass is 10.1. The molecule has 122 valence electrons. The standard InChI is InChI=1S/C18H30N4/c1-20-13-15-21(16-14-20)10-4-6-17-5-2-3-7-18(17)22-11-8-19-9-12-22/h2-3,5,7,19H,4,6,8-16H2,1H3. The molecule has 0 bridgehead atoms. The molecule has 2 aliphatic rings. The minimum atomic E-state index is 1.11. The minimum Gasteiger partial charge on any atom is -0.369 e. The van der Waals surface area contributed by atoms with E-state index in [-0.39, 0.29) is 0 Å². The Kier molecular flexibility index (Phi) is 5.70. The first-order valence-corrected chi connectivity index (χ1v) is 8.77. The van der Waals surface area contributed by atoms with Gasteiger partial charge >= 0.3 is 0 Å². The van der Waals surface area contributed by atoms with Crippen LogP contribution >= 0.6 is 0 Å². The second-order valence-corrected chi connectivity index (χ2v) is 6.61. The maximum atomic E-state index is 3.44. The van der Waals surface area contributed by atoms with Crippen LogP contribution in [0.1, 0.15) is 12.0 Å². The first-order chi connectivity index (χ1) is 10.8. The summed E-state index contributed by atoms with van der Waals surface area (Å²) in [5.74, 6) is 0. The van der Waals surface area contributed by atoms with Crippen LogP contribution in [0, 0.1) is 0 Å². The fourth-order valence-corrected chi connectivity index (χ4v) is 3.50. The number of hydrogen-bond acceptors (Lipinski definition) is 4. The number of aryl methyl sites for hydroxylation is 1. The summed E-state index contributed by atoms with van der Waals surface area (Å²) in [7, 11) is 2.22. The van der Waals surface area contributed by atoms with Crippen LogP contribution < -0.4 is 10.2 Å². The molecule has 2 aliphatic heterocycles. The maximum absolute atomic E-state index is 3.44. The smallest absolute Gasteiger partial charge is 0.0399 e. The Labute approximate surface area is 135 Å². The van der Waals surface area contributed by atoms with Crippen molar-refractivity contribution in [2.24, 2.45) is 0 Å². The van der Waals surface area contributed by atoms with Gasteiger partial charge in [0.15, 0.2) is 0 Å². The van der Waals surface area contributed by atoms with E-state index in [1.165, 1.54) is 56.8 Å². The number of para-hydroxylation sites is 1. The molecule has 1 N–H and O–H groups in total. The molecule has 1 aromatic rings. The average Bonchev–Trinajstić information content (AvgIpc) is 2.58. The number of benzene rings is 1. The van der Waals surface area contributed by atoms with E-state index in [4.69, 9.17) is 0 Å². The Morgan fingerprint density at radius 3 is 2.45 bits per heavy atom. The van der Waals surface area contributed by atoms with Crippen molar-refractivity contribution in [1.82, 2.24) is 15.1 Å². The van der Waals surface area contributed by atoms with E-state index < -0.39 is 0 Å². The fraction of sp³-hybridized carbons (Fsp3) is 0.667. The van der Waals surface area contributed by atoms with E-state index in [9.17, 15) is 0 Å². The summed E-state index contributed by atoms with van der Waals surface area (Å²) >= 11 is 0. The SMILES string of the molecule is CN1CCN(CCCc2ccccc2N2CCNCC2)CC1. The zero-order valence-electron chi connectivity index (χ0n) is 13.9. The highest BCUT2D eigenvalue weighted by Gasteiger charge is 2.15. The van der Waals surface area contributed by atoms with Crippen molar-refractivity contribution in [2.45, 2.75) is 12.8 Å². The maximum Gasteiger partial charge on any atom is 0.0399 e. The van der Waals surface area contributed by atoms with Crippen LogP contribution in [0.5, 0.6) is 0 Å². The number of piperazine rings is 2. The second-order valence-electron chi connectivity index (χ2n) is 6.61. The first-order valence-electron chi connectivity index (χ1n) is 8.77. The number of hydrogen-bond donors (Lipinski definition) is 1. The summed E-state index contributed by atoms with van der Waals surface area (Å²) in [4.78, 5) is 7.59. The van der Waals surface area contributed by atoms with E-state index in [1.54, 1.807) is 0 Å². The molecule has 22 heavy (non-hydrogen) atoms. The van der Waals surface area contributed by atoms with Gasteiger partial charge in [-0.25, -0.2) is 0 Å². The molecular weight excluding hydrogens is 272 g/mol. The lowest BCUT2D eigenvalue weighted by Gasteiger charge is -2.33. The van der Waals surface area contributed by atoms with Gasteiger partial charge in [0.05, 0.1) is 0 Å². The third-order valence-corrected chi connectivity index (χ3v) is 4.97. The Morgan fingerprint density at radius 1 is 0.955 bits per heavy atom. The molecule has 4 heteroatoms. The summed E-state index contributed by atoms with van der Waals surface area (Å²) in [5, 5.41) is 3.44. The van der Waals surface area contributed by atoms with Crippen molar-refractivity contribution in [3.63, 3.8) is 0 Å². The average molecular weight is 302 g/mol. The third-order valence-electron chi connectivity index (χ3n) is 4.97. The molecule has 3 rings (SSSR count). The molecule has 0 aliphatic carbocycles. The Morgan fingerprint density at radius 2 is 1.68 bits per heavy atom. The van der Waals surface area contributed by atoms with Crippen molar-refractivity contribution >= 4 is 5.69 Å². The Balaban J connectivity index is 1.51. The van der Waals surface area contributed by atoms with Crippen molar-refractivity contribution in [2.75, 3.05) is 70.9 Å². The summed E-state index contributed by atoms with van der Waals surface area (Å²) in [6.07, 6.45) is 2.47. The first kappa shape index (κ1) is 15.8. The molecule has 2 heterocycles. The lowest BCUT2D eigenvalue weighted by Crippen LogP contribution is -2.44. The molecule has 0 radical (unpaired) electrons. The highest BCUT2D eigenvalue weighted by molar-refractivity contribution is 5.54. The third kappa shape index (κ3) is 4.22. The molecule has 0 aromatic heterocycles. The van der Waals surface area contributed by atoms with Crippen LogP contribution in [-0.4, -0.2) is 75.8 Å². The highest BCUT2D eigenvalue weighted by Crippen LogP contribution is 2.22. The van der Waals surface area contributed by atoms with Crippen LogP contribution in [0.3, 0.4) is 0 Å². The predicted molar refractivity (Wildman–Crippen MR) is 93.8 cm³/mol. The molecule has 2 saturated heterocycles. The molecule has 2 fully saturated rings. The second kappa shape index (κ2) is 7.95. The molecule has 0 saturated carbocycles. The summed E-state index contributed by atoms with van der Waals surface area (Å²) < 4.78 is 0. The van der Waals surface area contributed by atoms with Crippen LogP contribution in [0.25, 0.3) is 0 Å². The van der Waals surface area contributed by atoms with Crippen LogP contribution in [0.2, 0.25) is 0 Å². The van der Waals surface area contributed by atoms with Crippen LogP contribution in [-0.2, 0) is 6.42 Å². The molecule has 0 unspecified atom stereocenters. The number of nitrogens with one attached hydrogen (secondary N) is 1. The van der Waals surface area contributed by atoms with Gasteiger partial charge in [-0.05, 0) is 38.1 Å². The van der Waals surface area contributed by atoms with Crippen molar-refractivity contribution in [1.29, 1.82) is 0 Å². The number of rotatable bonds is 5. The molecule has 0 atom stereocenters. The topological polar surface area (TPSA) is 21.8 Å². The zero-order chi connectivity index (χ0) is 15.2. The molecule has 0 amide bonds. The largest absolute Gasteiger partial charge is 0.369 e. The molecular formula is C18H30N4. The lowest BCUT2D eigenvalue weighted by molar-refractivity contribution is 0.153. The Bertz CT molecular complexity index is 448. The van der Waals surface area contributed by atoms with Gasteiger partial charge in [0.25, 0.3) is 0 Å². The molecule has 0 spiro atoms. The predicted octanol–water partition coefficient (Wildman–Crippen LogP) is 1.28. The van der Waals surface area contributed by atoms with Gasteiger partial charge in [0.1, 0.15) is 0 Å². The Hall–Kier alpha value is -1.10. The number of nitrogens with zero attached hydrogens (tertiary/aromatic N) is 3. The van der Waals surface area contributed by atoms with Gasteiger partial charge in [-0.3, -0.25) is 0 Å². The monoisotopic (exact) mass is 302 g/mol. The summed E-state index contributed by atoms with van der Waals surface area (Å²) in [5.41, 5.74) is 2.99. The van der Waals surface area contributed by atoms with E-state index in [2.05, 4.69) is 51.3 Å². The van der Waals surface area contributed by atoms with E-state index in [1.807, 2.05) is 0 Å². The minimum absolute atomic E-state index is 1.11. The normalized spacial score (nSPS) is 21.2. The fourth-order valence-electron chi connectivity index (χ4n) is 3.50. The van der Waals surface area contributed by atoms with Gasteiger partial charge in [0, 0.05) is 58.0 Å². The summed E-state index contributed by atoms with van der Waals surface area (Å²) in [6, 6.07) is 9.00. The van der Waals surface area contributed by atoms with Crippen molar-refractivity contribution in [3.05, 3.63) is 29.8 Å². The van der Waals surface area contributed by atoms with E-state index in [0.717, 1.165) is 26.2 Å². The van der Waals surface area contributed by atoms with E-state index >= 15 is 0 Å². The van der Waals surface area contributed by atoms with E-state index in [0.29, 0.717) is 0 Å². The summed E-state index contributed by atoms with van der Waals surface area (Å²) in [6.45, 7) is 10.6. The highest BCUT2D eigenvalue weighted by atomic mass is 15.2. The van der Waals surface area contributed by atoms with Gasteiger partial charge in [-0.1, -0.05) is 18.2 Å². The van der Waals surface area contributed by atoms with Crippen molar-refractivity contribution in [3.8, 4) is 0 Å². The van der Waals surface area contributed by atoms with Gasteiger partial charge < -0.3 is 20.0 Å². The molecule has 1 aromatic carbocycles. The number of anilines is 1. The van der Waals surface area contributed by atoms with Gasteiger partial charge in [-0.2, -0.15) is 0 Å². The van der Waals surface area contributed by atoms with Crippen molar-refractivity contribution < 1.29 is 0 Å². The van der Waals surface area contributed by atoms with Crippen LogP contribution in [0.15, 0.2) is 24.3 Å². The number of likely N-dealkylation sites (N-methyl/N-ethyl adjacent to an activating group) is 1. The quantitative estimate of drug-likeness (QED) is 0.884. The zero-order valence-corrected chi connectivity index (χ0v) is 13.9. The van der Waals surface area contributed by atoms with Gasteiger partial charge in [0.2, 0.25) is 0 Å². The van der Waals surface area contributed by atoms with Gasteiger partial charge in [-0.15, -0.1) is 0 Å². The molecule has 4 nitrogen and oxygen atoms in total.